The number of aliphatic hydroxyl groups is 1. The number of esters is 2. The summed E-state index contributed by atoms with van der Waals surface area (Å²) in [5.41, 5.74) is 5.32. The maximum atomic E-state index is 12.5. The molecule has 0 saturated heterocycles. The van der Waals surface area contributed by atoms with Crippen molar-refractivity contribution in [3.8, 4) is 0 Å². The van der Waals surface area contributed by atoms with Crippen LogP contribution in [-0.4, -0.2) is 60.5 Å². The number of hydrogen-bond acceptors (Lipinski definition) is 9. The third kappa shape index (κ3) is 34.4. The number of carbonyl (C=O) groups excluding carboxylic acids is 2. The molecule has 1 unspecified atom stereocenters. The molecule has 0 aliphatic carbocycles. The minimum Gasteiger partial charge on any atom is -0.462 e. The van der Waals surface area contributed by atoms with E-state index >= 15 is 0 Å². The van der Waals surface area contributed by atoms with E-state index in [4.69, 9.17) is 24.3 Å². The second-order valence-electron chi connectivity index (χ2n) is 12.6. The van der Waals surface area contributed by atoms with Crippen molar-refractivity contribution in [3.05, 3.63) is 48.6 Å². The molecule has 0 aliphatic heterocycles. The molecular formula is C39H70NO9P. The van der Waals surface area contributed by atoms with E-state index in [0.717, 1.165) is 38.5 Å². The molecule has 3 atom stereocenters. The maximum Gasteiger partial charge on any atom is 0.472 e. The zero-order valence-corrected chi connectivity index (χ0v) is 32.1. The zero-order chi connectivity index (χ0) is 37.0. The van der Waals surface area contributed by atoms with Crippen LogP contribution in [0.2, 0.25) is 0 Å². The number of phosphoric ester groups is 1. The van der Waals surface area contributed by atoms with Crippen molar-refractivity contribution in [2.75, 3.05) is 26.4 Å². The van der Waals surface area contributed by atoms with E-state index in [1.165, 1.54) is 64.2 Å². The second kappa shape index (κ2) is 35.3. The van der Waals surface area contributed by atoms with Gasteiger partial charge in [-0.15, -0.1) is 0 Å². The predicted octanol–water partition coefficient (Wildman–Crippen LogP) is 9.35. The first-order chi connectivity index (χ1) is 24.2. The lowest BCUT2D eigenvalue weighted by Crippen LogP contribution is -2.29. The van der Waals surface area contributed by atoms with E-state index in [-0.39, 0.29) is 32.6 Å². The first kappa shape index (κ1) is 47.9. The van der Waals surface area contributed by atoms with Crippen LogP contribution in [0.25, 0.3) is 0 Å². The number of allylic oxidation sites excluding steroid dienone is 7. The monoisotopic (exact) mass is 727 g/mol. The molecule has 0 aliphatic rings. The summed E-state index contributed by atoms with van der Waals surface area (Å²) >= 11 is 0. The van der Waals surface area contributed by atoms with Gasteiger partial charge in [-0.25, -0.2) is 4.57 Å². The van der Waals surface area contributed by atoms with Crippen LogP contribution in [0.4, 0.5) is 0 Å². The summed E-state index contributed by atoms with van der Waals surface area (Å²) < 4.78 is 32.5. The quantitative estimate of drug-likeness (QED) is 0.0189. The third-order valence-electron chi connectivity index (χ3n) is 7.82. The number of ether oxygens (including phenoxy) is 2. The molecule has 0 aromatic rings. The average molecular weight is 728 g/mol. The number of aliphatic hydroxyl groups excluding tert-OH is 1. The van der Waals surface area contributed by atoms with Crippen molar-refractivity contribution in [1.82, 2.24) is 0 Å². The lowest BCUT2D eigenvalue weighted by atomic mass is 10.1. The average Bonchev–Trinajstić information content (AvgIpc) is 3.09. The molecule has 10 nitrogen and oxygen atoms in total. The molecule has 0 heterocycles. The van der Waals surface area contributed by atoms with E-state index in [1.54, 1.807) is 12.2 Å². The Bertz CT molecular complexity index is 983. The van der Waals surface area contributed by atoms with Crippen molar-refractivity contribution in [2.45, 2.75) is 161 Å². The second-order valence-corrected chi connectivity index (χ2v) is 14.1. The molecular weight excluding hydrogens is 657 g/mol. The van der Waals surface area contributed by atoms with Crippen LogP contribution in [0.1, 0.15) is 149 Å². The third-order valence-corrected chi connectivity index (χ3v) is 8.81. The number of nitrogens with two attached hydrogens (primary N) is 1. The Morgan fingerprint density at radius 3 is 1.94 bits per heavy atom. The first-order valence-corrected chi connectivity index (χ1v) is 20.7. The molecule has 4 N–H and O–H groups in total. The summed E-state index contributed by atoms with van der Waals surface area (Å²) in [5.74, 6) is -1.03. The number of rotatable bonds is 35. The van der Waals surface area contributed by atoms with Gasteiger partial charge in [0.05, 0.1) is 19.3 Å². The van der Waals surface area contributed by atoms with Crippen molar-refractivity contribution >= 4 is 19.8 Å². The summed E-state index contributed by atoms with van der Waals surface area (Å²) in [5, 5.41) is 10.2. The van der Waals surface area contributed by atoms with E-state index < -0.39 is 38.6 Å². The van der Waals surface area contributed by atoms with Crippen molar-refractivity contribution in [3.63, 3.8) is 0 Å². The number of hydrogen-bond donors (Lipinski definition) is 3. The Hall–Kier alpha value is -2.07. The van der Waals surface area contributed by atoms with Crippen molar-refractivity contribution in [2.24, 2.45) is 5.73 Å². The van der Waals surface area contributed by atoms with Crippen LogP contribution in [0.5, 0.6) is 0 Å². The zero-order valence-electron chi connectivity index (χ0n) is 31.2. The highest BCUT2D eigenvalue weighted by atomic mass is 31.2. The molecule has 50 heavy (non-hydrogen) atoms. The minimum atomic E-state index is -4.41. The summed E-state index contributed by atoms with van der Waals surface area (Å²) in [4.78, 5) is 34.7. The van der Waals surface area contributed by atoms with Gasteiger partial charge in [-0.05, 0) is 44.9 Å². The molecule has 0 spiro atoms. The van der Waals surface area contributed by atoms with Gasteiger partial charge >= 0.3 is 19.8 Å². The smallest absolute Gasteiger partial charge is 0.462 e. The minimum absolute atomic E-state index is 0.0270. The Balaban J connectivity index is 4.43. The molecule has 0 saturated carbocycles. The van der Waals surface area contributed by atoms with Gasteiger partial charge in [0.2, 0.25) is 0 Å². The molecule has 0 aromatic carbocycles. The lowest BCUT2D eigenvalue weighted by molar-refractivity contribution is -0.161. The normalized spacial score (nSPS) is 14.6. The molecule has 0 rings (SSSR count). The SMILES string of the molecule is CCCCC/C=C\C/C=C\C/C=C\C=C\[C@@H](O)CCCC(=O)OC[C@H](COP(=O)(O)OCCN)OC(=O)CCCCCCCCCCCCC. The van der Waals surface area contributed by atoms with Gasteiger partial charge in [-0.1, -0.05) is 140 Å². The molecule has 0 bridgehead atoms. The summed E-state index contributed by atoms with van der Waals surface area (Å²) in [6.07, 6.45) is 34.6. The fourth-order valence-electron chi connectivity index (χ4n) is 4.91. The van der Waals surface area contributed by atoms with Gasteiger partial charge in [0, 0.05) is 19.4 Å². The first-order valence-electron chi connectivity index (χ1n) is 19.2. The fraction of sp³-hybridized carbons (Fsp3) is 0.744. The summed E-state index contributed by atoms with van der Waals surface area (Å²) in [6.45, 7) is 3.45. The Labute approximate surface area is 303 Å². The highest BCUT2D eigenvalue weighted by molar-refractivity contribution is 7.47. The lowest BCUT2D eigenvalue weighted by Gasteiger charge is -2.20. The van der Waals surface area contributed by atoms with Gasteiger partial charge in [-0.2, -0.15) is 0 Å². The Morgan fingerprint density at radius 1 is 0.700 bits per heavy atom. The highest BCUT2D eigenvalue weighted by Gasteiger charge is 2.26. The predicted molar refractivity (Wildman–Crippen MR) is 202 cm³/mol. The van der Waals surface area contributed by atoms with Crippen LogP contribution in [0.15, 0.2) is 48.6 Å². The maximum absolute atomic E-state index is 12.5. The number of carbonyl (C=O) groups is 2. The number of phosphoric acid groups is 1. The van der Waals surface area contributed by atoms with Crippen LogP contribution < -0.4 is 5.73 Å². The van der Waals surface area contributed by atoms with Crippen LogP contribution in [-0.2, 0) is 32.7 Å². The van der Waals surface area contributed by atoms with Gasteiger partial charge < -0.3 is 25.2 Å². The topological polar surface area (TPSA) is 155 Å². The molecule has 11 heteroatoms. The van der Waals surface area contributed by atoms with Crippen molar-refractivity contribution in [1.29, 1.82) is 0 Å². The standard InChI is InChI=1S/C39H70NO9P/c1-3-5-7-9-11-13-15-16-18-19-21-23-25-28-36(41)29-27-31-38(42)46-34-37(35-48-50(44,45)47-33-32-40)49-39(43)30-26-24-22-20-17-14-12-10-8-6-4-2/h11,13,16,18,21,23,25,28,36-37,41H,3-10,12,14-15,17,19-20,22,24,26-27,29-35,40H2,1-2H3,(H,44,45)/b13-11-,18-16-,23-21-,28-25+/t36-,37-/m1/s1. The van der Waals surface area contributed by atoms with Crippen LogP contribution >= 0.6 is 7.82 Å². The fourth-order valence-corrected chi connectivity index (χ4v) is 5.68. The van der Waals surface area contributed by atoms with E-state index in [9.17, 15) is 24.2 Å². The van der Waals surface area contributed by atoms with E-state index in [1.807, 2.05) is 12.2 Å². The Morgan fingerprint density at radius 2 is 1.28 bits per heavy atom. The summed E-state index contributed by atoms with van der Waals surface area (Å²) in [7, 11) is -4.41. The largest absolute Gasteiger partial charge is 0.472 e. The highest BCUT2D eigenvalue weighted by Crippen LogP contribution is 2.43. The molecule has 0 amide bonds. The molecule has 0 aromatic heterocycles. The van der Waals surface area contributed by atoms with Gasteiger partial charge in [0.25, 0.3) is 0 Å². The van der Waals surface area contributed by atoms with Gasteiger partial charge in [-0.3, -0.25) is 18.6 Å². The van der Waals surface area contributed by atoms with Gasteiger partial charge in [0.15, 0.2) is 6.10 Å². The van der Waals surface area contributed by atoms with Crippen molar-refractivity contribution < 1.29 is 42.7 Å². The summed E-state index contributed by atoms with van der Waals surface area (Å²) in [6, 6.07) is 0. The molecule has 0 fully saturated rings. The molecule has 290 valence electrons. The molecule has 0 radical (unpaired) electrons. The van der Waals surface area contributed by atoms with Crippen LogP contribution in [0.3, 0.4) is 0 Å². The van der Waals surface area contributed by atoms with E-state index in [2.05, 4.69) is 38.2 Å². The van der Waals surface area contributed by atoms with E-state index in [0.29, 0.717) is 19.3 Å². The number of unbranched alkanes of at least 4 members (excludes halogenated alkanes) is 13. The Kier molecular flexibility index (Phi) is 33.9. The van der Waals surface area contributed by atoms with Gasteiger partial charge in [0.1, 0.15) is 6.61 Å². The van der Waals surface area contributed by atoms with Crippen LogP contribution in [0, 0.1) is 0 Å².